The smallest absolute Gasteiger partial charge is 0.00519 e. The van der Waals surface area contributed by atoms with Crippen LogP contribution < -0.4 is 5.32 Å². The van der Waals surface area contributed by atoms with E-state index in [4.69, 9.17) is 0 Å². The van der Waals surface area contributed by atoms with Gasteiger partial charge in [0.25, 0.3) is 0 Å². The zero-order chi connectivity index (χ0) is 11.5. The molecule has 1 nitrogen and oxygen atoms in total. The highest BCUT2D eigenvalue weighted by Gasteiger charge is 2.27. The van der Waals surface area contributed by atoms with Crippen molar-refractivity contribution in [2.75, 3.05) is 13.1 Å². The second-order valence-electron chi connectivity index (χ2n) is 5.02. The summed E-state index contributed by atoms with van der Waals surface area (Å²) in [6.07, 6.45) is 4.00. The molecule has 1 saturated heterocycles. The molecule has 0 radical (unpaired) electrons. The predicted molar refractivity (Wildman–Crippen MR) is 72.4 cm³/mol. The number of piperidine rings is 1. The van der Waals surface area contributed by atoms with Gasteiger partial charge in [0, 0.05) is 9.75 Å². The van der Waals surface area contributed by atoms with E-state index in [-0.39, 0.29) is 0 Å². The van der Waals surface area contributed by atoms with Crippen molar-refractivity contribution in [3.63, 3.8) is 0 Å². The van der Waals surface area contributed by atoms with Gasteiger partial charge in [0.05, 0.1) is 0 Å². The summed E-state index contributed by atoms with van der Waals surface area (Å²) in [6.45, 7) is 9.23. The Morgan fingerprint density at radius 1 is 1.44 bits per heavy atom. The van der Waals surface area contributed by atoms with E-state index in [2.05, 4.69) is 32.2 Å². The number of nitrogens with one attached hydrogen (secondary N) is 1. The van der Waals surface area contributed by atoms with Gasteiger partial charge in [0.2, 0.25) is 0 Å². The second kappa shape index (κ2) is 5.33. The highest BCUT2D eigenvalue weighted by molar-refractivity contribution is 7.12. The van der Waals surface area contributed by atoms with Crippen molar-refractivity contribution in [1.29, 1.82) is 0 Å². The average Bonchev–Trinajstić information content (AvgIpc) is 2.59. The fourth-order valence-corrected chi connectivity index (χ4v) is 4.02. The molecule has 2 rings (SSSR count). The summed E-state index contributed by atoms with van der Waals surface area (Å²) in [7, 11) is 0. The van der Waals surface area contributed by atoms with Crippen LogP contribution in [0.4, 0.5) is 0 Å². The lowest BCUT2D eigenvalue weighted by molar-refractivity contribution is 0.306. The zero-order valence-electron chi connectivity index (χ0n) is 10.7. The molecule has 2 heterocycles. The molecular weight excluding hydrogens is 214 g/mol. The molecule has 0 amide bonds. The van der Waals surface area contributed by atoms with Crippen LogP contribution in [0.3, 0.4) is 0 Å². The molecule has 1 aliphatic heterocycles. The minimum Gasteiger partial charge on any atom is -0.316 e. The Labute approximate surface area is 103 Å². The van der Waals surface area contributed by atoms with Gasteiger partial charge in [-0.05, 0) is 63.2 Å². The lowest BCUT2D eigenvalue weighted by atomic mass is 9.79. The summed E-state index contributed by atoms with van der Waals surface area (Å²) >= 11 is 1.96. The molecule has 0 bridgehead atoms. The van der Waals surface area contributed by atoms with Gasteiger partial charge in [0.1, 0.15) is 0 Å². The molecule has 1 fully saturated rings. The van der Waals surface area contributed by atoms with Gasteiger partial charge < -0.3 is 5.32 Å². The van der Waals surface area contributed by atoms with Crippen LogP contribution in [0.5, 0.6) is 0 Å². The summed E-state index contributed by atoms with van der Waals surface area (Å²) < 4.78 is 0. The fraction of sp³-hybridized carbons (Fsp3) is 0.714. The maximum atomic E-state index is 3.55. The Morgan fingerprint density at radius 2 is 2.25 bits per heavy atom. The number of aryl methyl sites for hydroxylation is 2. The van der Waals surface area contributed by atoms with Crippen LogP contribution in [0.2, 0.25) is 0 Å². The molecular formula is C14H23NS. The normalized spacial score (nSPS) is 25.9. The maximum Gasteiger partial charge on any atom is 0.00519 e. The third kappa shape index (κ3) is 2.49. The van der Waals surface area contributed by atoms with Crippen LogP contribution in [-0.2, 0) is 0 Å². The molecule has 2 atom stereocenters. The first-order valence-electron chi connectivity index (χ1n) is 6.50. The van der Waals surface area contributed by atoms with E-state index < -0.39 is 0 Å². The summed E-state index contributed by atoms with van der Waals surface area (Å²) in [5.74, 6) is 1.66. The van der Waals surface area contributed by atoms with Crippen LogP contribution in [0.25, 0.3) is 0 Å². The molecule has 0 spiro atoms. The summed E-state index contributed by atoms with van der Waals surface area (Å²) in [4.78, 5) is 3.02. The monoisotopic (exact) mass is 237 g/mol. The van der Waals surface area contributed by atoms with Crippen molar-refractivity contribution in [3.05, 3.63) is 21.4 Å². The molecule has 0 saturated carbocycles. The number of hydrogen-bond acceptors (Lipinski definition) is 2. The zero-order valence-corrected chi connectivity index (χ0v) is 11.5. The van der Waals surface area contributed by atoms with Crippen molar-refractivity contribution in [3.8, 4) is 0 Å². The lowest BCUT2D eigenvalue weighted by Gasteiger charge is -2.32. The standard InChI is InChI=1S/C14H23NS/c1-4-5-12-9-15-7-6-13(12)14-8-10(2)16-11(14)3/h8,12-13,15H,4-7,9H2,1-3H3. The van der Waals surface area contributed by atoms with E-state index in [1.807, 2.05) is 11.3 Å². The third-order valence-electron chi connectivity index (χ3n) is 3.75. The van der Waals surface area contributed by atoms with Crippen molar-refractivity contribution in [2.45, 2.75) is 46.0 Å². The summed E-state index contributed by atoms with van der Waals surface area (Å²) in [5, 5.41) is 3.55. The van der Waals surface area contributed by atoms with Crippen LogP contribution in [0, 0.1) is 19.8 Å². The van der Waals surface area contributed by atoms with E-state index in [0.29, 0.717) is 0 Å². The largest absolute Gasteiger partial charge is 0.316 e. The van der Waals surface area contributed by atoms with E-state index in [1.165, 1.54) is 37.2 Å². The fourth-order valence-electron chi connectivity index (χ4n) is 3.03. The third-order valence-corrected chi connectivity index (χ3v) is 4.73. The molecule has 2 unspecified atom stereocenters. The summed E-state index contributed by atoms with van der Waals surface area (Å²) in [5.41, 5.74) is 1.64. The van der Waals surface area contributed by atoms with Crippen LogP contribution in [0.15, 0.2) is 6.07 Å². The minimum atomic E-state index is 0.811. The quantitative estimate of drug-likeness (QED) is 0.842. The van der Waals surface area contributed by atoms with Gasteiger partial charge in [-0.1, -0.05) is 13.3 Å². The first kappa shape index (κ1) is 12.1. The van der Waals surface area contributed by atoms with Gasteiger partial charge in [-0.2, -0.15) is 0 Å². The Balaban J connectivity index is 2.19. The average molecular weight is 237 g/mol. The Kier molecular flexibility index (Phi) is 4.04. The van der Waals surface area contributed by atoms with Gasteiger partial charge in [-0.3, -0.25) is 0 Å². The maximum absolute atomic E-state index is 3.55. The second-order valence-corrected chi connectivity index (χ2v) is 6.48. The van der Waals surface area contributed by atoms with Crippen LogP contribution in [-0.4, -0.2) is 13.1 Å². The SMILES string of the molecule is CCCC1CNCCC1c1cc(C)sc1C. The van der Waals surface area contributed by atoms with Gasteiger partial charge in [0.15, 0.2) is 0 Å². The van der Waals surface area contributed by atoms with Gasteiger partial charge in [-0.15, -0.1) is 11.3 Å². The van der Waals surface area contributed by atoms with Crippen molar-refractivity contribution in [2.24, 2.45) is 5.92 Å². The highest BCUT2D eigenvalue weighted by atomic mass is 32.1. The molecule has 16 heavy (non-hydrogen) atoms. The molecule has 90 valence electrons. The Hall–Kier alpha value is -0.340. The van der Waals surface area contributed by atoms with Gasteiger partial charge in [-0.25, -0.2) is 0 Å². The topological polar surface area (TPSA) is 12.0 Å². The first-order valence-corrected chi connectivity index (χ1v) is 7.31. The summed E-state index contributed by atoms with van der Waals surface area (Å²) in [6, 6.07) is 2.43. The molecule has 2 heteroatoms. The number of thiophene rings is 1. The number of hydrogen-bond donors (Lipinski definition) is 1. The Bertz CT molecular complexity index is 341. The van der Waals surface area contributed by atoms with E-state index >= 15 is 0 Å². The van der Waals surface area contributed by atoms with Gasteiger partial charge >= 0.3 is 0 Å². The molecule has 1 N–H and O–H groups in total. The van der Waals surface area contributed by atoms with Crippen molar-refractivity contribution >= 4 is 11.3 Å². The van der Waals surface area contributed by atoms with Crippen LogP contribution >= 0.6 is 11.3 Å². The molecule has 0 aromatic carbocycles. The van der Waals surface area contributed by atoms with Crippen LogP contribution in [0.1, 0.15) is 47.4 Å². The molecule has 1 aromatic rings. The Morgan fingerprint density at radius 3 is 2.88 bits per heavy atom. The highest BCUT2D eigenvalue weighted by Crippen LogP contribution is 2.37. The molecule has 0 aliphatic carbocycles. The van der Waals surface area contributed by atoms with Crippen molar-refractivity contribution in [1.82, 2.24) is 5.32 Å². The van der Waals surface area contributed by atoms with Crippen molar-refractivity contribution < 1.29 is 0 Å². The number of rotatable bonds is 3. The molecule has 1 aromatic heterocycles. The van der Waals surface area contributed by atoms with E-state index in [1.54, 1.807) is 10.4 Å². The minimum absolute atomic E-state index is 0.811. The van der Waals surface area contributed by atoms with E-state index in [9.17, 15) is 0 Å². The predicted octanol–water partition coefficient (Wildman–Crippen LogP) is 3.86. The first-order chi connectivity index (χ1) is 7.72. The van der Waals surface area contributed by atoms with E-state index in [0.717, 1.165) is 11.8 Å². The molecule has 1 aliphatic rings. The lowest BCUT2D eigenvalue weighted by Crippen LogP contribution is -2.35.